The van der Waals surface area contributed by atoms with E-state index in [-0.39, 0.29) is 5.96 Å². The van der Waals surface area contributed by atoms with Crippen molar-refractivity contribution in [2.45, 2.75) is 13.0 Å². The first-order chi connectivity index (χ1) is 10.8. The number of nitrogens with one attached hydrogen (secondary N) is 2. The molecule has 0 spiro atoms. The molecule has 1 aromatic rings. The van der Waals surface area contributed by atoms with Gasteiger partial charge in [0, 0.05) is 26.6 Å². The summed E-state index contributed by atoms with van der Waals surface area (Å²) in [4.78, 5) is 6.24. The highest BCUT2D eigenvalue weighted by molar-refractivity contribution is 7.89. The highest BCUT2D eigenvalue weighted by atomic mass is 32.2. The van der Waals surface area contributed by atoms with Crippen LogP contribution in [0.15, 0.2) is 29.3 Å². The number of guanidine groups is 1. The van der Waals surface area contributed by atoms with Crippen molar-refractivity contribution in [2.24, 2.45) is 4.99 Å². The molecule has 0 aliphatic rings. The molecule has 0 fully saturated rings. The molecular formula is C15H26N4O3S. The van der Waals surface area contributed by atoms with Crippen molar-refractivity contribution in [2.75, 3.05) is 40.6 Å². The molecule has 0 bridgehead atoms. The van der Waals surface area contributed by atoms with Crippen molar-refractivity contribution < 1.29 is 13.2 Å². The molecule has 0 amide bonds. The van der Waals surface area contributed by atoms with Crippen LogP contribution in [0.25, 0.3) is 0 Å². The van der Waals surface area contributed by atoms with E-state index in [0.717, 1.165) is 18.6 Å². The summed E-state index contributed by atoms with van der Waals surface area (Å²) in [6.07, 6.45) is 1.78. The number of nitrogens with zero attached hydrogens (tertiary/aromatic N) is 2. The van der Waals surface area contributed by atoms with Gasteiger partial charge in [0.2, 0.25) is 16.0 Å². The molecule has 1 aromatic carbocycles. The van der Waals surface area contributed by atoms with Crippen LogP contribution in [-0.4, -0.2) is 59.8 Å². The Labute approximate surface area is 138 Å². The highest BCUT2D eigenvalue weighted by Gasteiger charge is 2.03. The van der Waals surface area contributed by atoms with Gasteiger partial charge in [-0.25, -0.2) is 8.42 Å². The topological polar surface area (TPSA) is 83.0 Å². The molecule has 0 atom stereocenters. The Bertz CT molecular complexity index is 615. The second-order valence-electron chi connectivity index (χ2n) is 5.44. The second-order valence-corrected chi connectivity index (χ2v) is 7.19. The van der Waals surface area contributed by atoms with E-state index in [4.69, 9.17) is 4.74 Å². The number of ether oxygens (including phenoxy) is 1. The predicted molar refractivity (Wildman–Crippen MR) is 93.3 cm³/mol. The van der Waals surface area contributed by atoms with Crippen molar-refractivity contribution in [3.05, 3.63) is 29.8 Å². The van der Waals surface area contributed by atoms with E-state index in [9.17, 15) is 8.42 Å². The van der Waals surface area contributed by atoms with E-state index in [2.05, 4.69) is 26.0 Å². The van der Waals surface area contributed by atoms with E-state index in [1.807, 2.05) is 32.3 Å². The Balaban J connectivity index is 2.39. The van der Waals surface area contributed by atoms with Crippen molar-refractivity contribution >= 4 is 16.0 Å². The molecule has 8 heteroatoms. The van der Waals surface area contributed by atoms with Crippen LogP contribution in [-0.2, 0) is 16.6 Å². The first-order valence-electron chi connectivity index (χ1n) is 7.36. The van der Waals surface area contributed by atoms with Gasteiger partial charge in [0.05, 0.1) is 12.9 Å². The summed E-state index contributed by atoms with van der Waals surface area (Å²) in [6.45, 7) is 1.85. The van der Waals surface area contributed by atoms with Crippen molar-refractivity contribution in [1.29, 1.82) is 0 Å². The number of benzene rings is 1. The molecule has 0 aliphatic carbocycles. The van der Waals surface area contributed by atoms with Crippen molar-refractivity contribution in [3.8, 4) is 5.75 Å². The minimum Gasteiger partial charge on any atom is -0.494 e. The summed E-state index contributed by atoms with van der Waals surface area (Å²) in [7, 11) is 2.35. The van der Waals surface area contributed by atoms with Gasteiger partial charge in [0.15, 0.2) is 0 Å². The van der Waals surface area contributed by atoms with E-state index in [1.54, 1.807) is 7.05 Å². The average Bonchev–Trinajstić information content (AvgIpc) is 2.44. The molecule has 0 saturated carbocycles. The lowest BCUT2D eigenvalue weighted by atomic mass is 10.2. The van der Waals surface area contributed by atoms with Crippen LogP contribution in [0.3, 0.4) is 0 Å². The molecule has 0 aliphatic heterocycles. The molecule has 0 saturated heterocycles. The van der Waals surface area contributed by atoms with Gasteiger partial charge in [-0.3, -0.25) is 9.71 Å². The Morgan fingerprint density at radius 2 is 2.09 bits per heavy atom. The minimum absolute atomic E-state index is 0.237. The van der Waals surface area contributed by atoms with E-state index < -0.39 is 10.0 Å². The van der Waals surface area contributed by atoms with Crippen LogP contribution < -0.4 is 14.8 Å². The maximum Gasteiger partial charge on any atom is 0.232 e. The zero-order chi connectivity index (χ0) is 17.3. The van der Waals surface area contributed by atoms with Crippen LogP contribution in [0, 0.1) is 0 Å². The predicted octanol–water partition coefficient (Wildman–Crippen LogP) is 0.642. The van der Waals surface area contributed by atoms with Crippen LogP contribution >= 0.6 is 0 Å². The number of aliphatic imine (C=N–C) groups is 1. The SMILES string of the molecule is CN/C(=N/CCCOc1cccc(CN(C)C)c1)NS(C)(=O)=O. The van der Waals surface area contributed by atoms with Crippen LogP contribution in [0.2, 0.25) is 0 Å². The summed E-state index contributed by atoms with van der Waals surface area (Å²) in [5.74, 6) is 1.07. The summed E-state index contributed by atoms with van der Waals surface area (Å²) < 4.78 is 30.2. The average molecular weight is 342 g/mol. The molecule has 0 radical (unpaired) electrons. The Kier molecular flexibility index (Phi) is 7.84. The van der Waals surface area contributed by atoms with E-state index >= 15 is 0 Å². The summed E-state index contributed by atoms with van der Waals surface area (Å²) in [5.41, 5.74) is 1.19. The summed E-state index contributed by atoms with van der Waals surface area (Å²) >= 11 is 0. The summed E-state index contributed by atoms with van der Waals surface area (Å²) in [6, 6.07) is 7.98. The number of sulfonamides is 1. The summed E-state index contributed by atoms with van der Waals surface area (Å²) in [5, 5.41) is 2.71. The van der Waals surface area contributed by atoms with Crippen LogP contribution in [0.5, 0.6) is 5.75 Å². The number of hydrogen-bond donors (Lipinski definition) is 2. The van der Waals surface area contributed by atoms with E-state index in [1.165, 1.54) is 5.56 Å². The van der Waals surface area contributed by atoms with Crippen molar-refractivity contribution in [1.82, 2.24) is 14.9 Å². The maximum atomic E-state index is 11.1. The normalized spacial score (nSPS) is 12.3. The van der Waals surface area contributed by atoms with Gasteiger partial charge < -0.3 is 15.0 Å². The van der Waals surface area contributed by atoms with Gasteiger partial charge >= 0.3 is 0 Å². The lowest BCUT2D eigenvalue weighted by Gasteiger charge is -2.11. The molecule has 0 aromatic heterocycles. The Hall–Kier alpha value is -1.80. The molecule has 23 heavy (non-hydrogen) atoms. The highest BCUT2D eigenvalue weighted by Crippen LogP contribution is 2.14. The van der Waals surface area contributed by atoms with Gasteiger partial charge in [-0.2, -0.15) is 0 Å². The van der Waals surface area contributed by atoms with Gasteiger partial charge in [0.25, 0.3) is 0 Å². The van der Waals surface area contributed by atoms with Crippen LogP contribution in [0.4, 0.5) is 0 Å². The maximum absolute atomic E-state index is 11.1. The van der Waals surface area contributed by atoms with Crippen LogP contribution in [0.1, 0.15) is 12.0 Å². The van der Waals surface area contributed by atoms with Crippen molar-refractivity contribution in [3.63, 3.8) is 0 Å². The van der Waals surface area contributed by atoms with Gasteiger partial charge in [-0.15, -0.1) is 0 Å². The molecule has 1 rings (SSSR count). The minimum atomic E-state index is -3.31. The monoisotopic (exact) mass is 342 g/mol. The van der Waals surface area contributed by atoms with Gasteiger partial charge in [0.1, 0.15) is 5.75 Å². The second kappa shape index (κ2) is 9.36. The third-order valence-corrected chi connectivity index (χ3v) is 3.32. The fourth-order valence-corrected chi connectivity index (χ4v) is 2.40. The fraction of sp³-hybridized carbons (Fsp3) is 0.533. The number of hydrogen-bond acceptors (Lipinski definition) is 5. The molecule has 130 valence electrons. The Morgan fingerprint density at radius 1 is 1.35 bits per heavy atom. The lowest BCUT2D eigenvalue weighted by Crippen LogP contribution is -2.38. The third kappa shape index (κ3) is 9.04. The molecule has 0 heterocycles. The quantitative estimate of drug-likeness (QED) is 0.412. The molecule has 2 N–H and O–H groups in total. The largest absolute Gasteiger partial charge is 0.494 e. The fourth-order valence-electron chi connectivity index (χ4n) is 1.88. The standard InChI is InChI=1S/C15H26N4O3S/c1-16-15(18-23(4,20)21)17-9-6-10-22-14-8-5-7-13(11-14)12-19(2)3/h5,7-8,11H,6,9-10,12H2,1-4H3,(H2,16,17,18). The first-order valence-corrected chi connectivity index (χ1v) is 9.26. The molecular weight excluding hydrogens is 316 g/mol. The smallest absolute Gasteiger partial charge is 0.232 e. The molecule has 0 unspecified atom stereocenters. The zero-order valence-corrected chi connectivity index (χ0v) is 15.0. The number of rotatable bonds is 8. The van der Waals surface area contributed by atoms with E-state index in [0.29, 0.717) is 19.6 Å². The van der Waals surface area contributed by atoms with Gasteiger partial charge in [-0.05, 0) is 31.8 Å². The Morgan fingerprint density at radius 3 is 2.70 bits per heavy atom. The lowest BCUT2D eigenvalue weighted by molar-refractivity contribution is 0.312. The first kappa shape index (κ1) is 19.2. The zero-order valence-electron chi connectivity index (χ0n) is 14.2. The van der Waals surface area contributed by atoms with Gasteiger partial charge in [-0.1, -0.05) is 12.1 Å². The third-order valence-electron chi connectivity index (χ3n) is 2.76. The molecule has 7 nitrogen and oxygen atoms in total.